The second kappa shape index (κ2) is 8.31. The smallest absolute Gasteiger partial charge is 0.296 e. The van der Waals surface area contributed by atoms with E-state index in [1.54, 1.807) is 0 Å². The Bertz CT molecular complexity index is 1140. The van der Waals surface area contributed by atoms with Gasteiger partial charge in [-0.25, -0.2) is 0 Å². The average molecular weight is 413 g/mol. The van der Waals surface area contributed by atoms with E-state index in [9.17, 15) is 25.0 Å². The van der Waals surface area contributed by atoms with Crippen LogP contribution in [0.4, 0.5) is 17.1 Å². The molecule has 0 unspecified atom stereocenters. The first-order valence-electron chi connectivity index (χ1n) is 8.40. The fourth-order valence-electron chi connectivity index (χ4n) is 2.68. The van der Waals surface area contributed by atoms with Crippen LogP contribution in [0, 0.1) is 20.2 Å². The minimum absolute atomic E-state index is 0.0563. The van der Waals surface area contributed by atoms with Gasteiger partial charge in [0.25, 0.3) is 17.3 Å². The van der Waals surface area contributed by atoms with E-state index in [2.05, 4.69) is 5.32 Å². The van der Waals surface area contributed by atoms with Crippen LogP contribution in [0.25, 0.3) is 11.3 Å². The third-order valence-corrected chi connectivity index (χ3v) is 4.15. The van der Waals surface area contributed by atoms with Gasteiger partial charge in [0.05, 0.1) is 41.8 Å². The minimum Gasteiger partial charge on any atom is -0.497 e. The zero-order chi connectivity index (χ0) is 21.8. The van der Waals surface area contributed by atoms with Crippen LogP contribution in [0.5, 0.6) is 11.5 Å². The Labute approximate surface area is 169 Å². The van der Waals surface area contributed by atoms with E-state index in [0.717, 1.165) is 0 Å². The Balaban J connectivity index is 1.90. The summed E-state index contributed by atoms with van der Waals surface area (Å²) in [7, 11) is 2.74. The molecule has 1 N–H and O–H groups in total. The average Bonchev–Trinajstić information content (AvgIpc) is 3.23. The van der Waals surface area contributed by atoms with Gasteiger partial charge in [0.2, 0.25) is 0 Å². The van der Waals surface area contributed by atoms with Crippen molar-refractivity contribution in [2.45, 2.75) is 0 Å². The SMILES string of the molecule is COc1ccc(NC(=O)c2ccc(-c3ccc(OC)cc3[N+](=O)[O-])o2)c([N+](=O)[O-])c1. The maximum absolute atomic E-state index is 12.5. The molecule has 3 aromatic rings. The largest absolute Gasteiger partial charge is 0.497 e. The van der Waals surface area contributed by atoms with Gasteiger partial charge in [-0.05, 0) is 36.4 Å². The van der Waals surface area contributed by atoms with Crippen molar-refractivity contribution in [1.29, 1.82) is 0 Å². The third-order valence-electron chi connectivity index (χ3n) is 4.15. The summed E-state index contributed by atoms with van der Waals surface area (Å²) in [6.07, 6.45) is 0. The van der Waals surface area contributed by atoms with Crippen molar-refractivity contribution in [3.63, 3.8) is 0 Å². The lowest BCUT2D eigenvalue weighted by atomic mass is 10.1. The van der Waals surface area contributed by atoms with Gasteiger partial charge in [-0.15, -0.1) is 0 Å². The molecule has 0 saturated carbocycles. The molecule has 11 heteroatoms. The van der Waals surface area contributed by atoms with Crippen LogP contribution in [-0.2, 0) is 0 Å². The highest BCUT2D eigenvalue weighted by atomic mass is 16.6. The number of rotatable bonds is 7. The summed E-state index contributed by atoms with van der Waals surface area (Å²) in [4.78, 5) is 33.8. The van der Waals surface area contributed by atoms with Crippen LogP contribution >= 0.6 is 0 Å². The molecule has 11 nitrogen and oxygen atoms in total. The quantitative estimate of drug-likeness (QED) is 0.451. The minimum atomic E-state index is -0.759. The summed E-state index contributed by atoms with van der Waals surface area (Å²) in [5.41, 5.74) is -0.531. The van der Waals surface area contributed by atoms with Gasteiger partial charge in [0.1, 0.15) is 22.9 Å². The van der Waals surface area contributed by atoms with Gasteiger partial charge >= 0.3 is 0 Å². The van der Waals surface area contributed by atoms with Crippen molar-refractivity contribution in [3.05, 3.63) is 74.5 Å². The summed E-state index contributed by atoms with van der Waals surface area (Å²) in [6, 6.07) is 10.9. The van der Waals surface area contributed by atoms with Crippen LogP contribution < -0.4 is 14.8 Å². The summed E-state index contributed by atoms with van der Waals surface area (Å²) in [5, 5.41) is 25.0. The molecule has 154 valence electrons. The fourth-order valence-corrected chi connectivity index (χ4v) is 2.68. The van der Waals surface area contributed by atoms with Crippen molar-refractivity contribution < 1.29 is 28.5 Å². The number of hydrogen-bond acceptors (Lipinski definition) is 8. The lowest BCUT2D eigenvalue weighted by Crippen LogP contribution is -2.12. The number of benzene rings is 2. The van der Waals surface area contributed by atoms with Gasteiger partial charge < -0.3 is 19.2 Å². The zero-order valence-electron chi connectivity index (χ0n) is 15.8. The number of ether oxygens (including phenoxy) is 2. The number of nitrogens with one attached hydrogen (secondary N) is 1. The molecule has 0 atom stereocenters. The molecule has 0 aliphatic rings. The fraction of sp³-hybridized carbons (Fsp3) is 0.105. The lowest BCUT2D eigenvalue weighted by Gasteiger charge is -2.06. The highest BCUT2D eigenvalue weighted by molar-refractivity contribution is 6.04. The summed E-state index contributed by atoms with van der Waals surface area (Å²) in [6.45, 7) is 0. The van der Waals surface area contributed by atoms with Crippen molar-refractivity contribution in [1.82, 2.24) is 0 Å². The molecular weight excluding hydrogens is 398 g/mol. The van der Waals surface area contributed by atoms with Gasteiger partial charge in [0, 0.05) is 0 Å². The Hall–Kier alpha value is -4.41. The number of furan rings is 1. The molecule has 0 bridgehead atoms. The number of nitro groups is 2. The number of hydrogen-bond donors (Lipinski definition) is 1. The predicted molar refractivity (Wildman–Crippen MR) is 105 cm³/mol. The molecule has 30 heavy (non-hydrogen) atoms. The Morgan fingerprint density at radius 2 is 1.50 bits per heavy atom. The van der Waals surface area contributed by atoms with Crippen molar-refractivity contribution >= 4 is 23.0 Å². The number of anilines is 1. The summed E-state index contributed by atoms with van der Waals surface area (Å²) < 4.78 is 15.4. The molecule has 0 radical (unpaired) electrons. The number of carbonyl (C=O) groups excluding carboxylic acids is 1. The number of methoxy groups -OCH3 is 2. The summed E-state index contributed by atoms with van der Waals surface area (Å²) in [5.74, 6) is -0.307. The third kappa shape index (κ3) is 4.04. The number of nitrogens with zero attached hydrogens (tertiary/aromatic N) is 2. The molecular formula is C19H15N3O8. The topological polar surface area (TPSA) is 147 Å². The van der Waals surface area contributed by atoms with Crippen molar-refractivity contribution in [2.24, 2.45) is 0 Å². The Morgan fingerprint density at radius 1 is 0.900 bits per heavy atom. The first-order valence-corrected chi connectivity index (χ1v) is 8.40. The number of amides is 1. The molecule has 0 aliphatic heterocycles. The first-order chi connectivity index (χ1) is 14.3. The maximum atomic E-state index is 12.5. The van der Waals surface area contributed by atoms with Crippen LogP contribution in [-0.4, -0.2) is 30.0 Å². The zero-order valence-corrected chi connectivity index (χ0v) is 15.8. The molecule has 1 heterocycles. The highest BCUT2D eigenvalue weighted by Crippen LogP contribution is 2.35. The van der Waals surface area contributed by atoms with E-state index in [-0.39, 0.29) is 39.9 Å². The first kappa shape index (κ1) is 20.3. The monoisotopic (exact) mass is 413 g/mol. The van der Waals surface area contributed by atoms with E-state index in [0.29, 0.717) is 5.75 Å². The number of nitro benzene ring substituents is 2. The lowest BCUT2D eigenvalue weighted by molar-refractivity contribution is -0.384. The van der Waals surface area contributed by atoms with Gasteiger partial charge in [-0.2, -0.15) is 0 Å². The predicted octanol–water partition coefficient (Wildman–Crippen LogP) is 4.03. The Kier molecular flexibility index (Phi) is 5.63. The Morgan fingerprint density at radius 3 is 2.10 bits per heavy atom. The molecule has 1 aromatic heterocycles. The second-order valence-corrected chi connectivity index (χ2v) is 5.90. The highest BCUT2D eigenvalue weighted by Gasteiger charge is 2.23. The second-order valence-electron chi connectivity index (χ2n) is 5.90. The van der Waals surface area contributed by atoms with E-state index < -0.39 is 15.8 Å². The number of carbonyl (C=O) groups is 1. The van der Waals surface area contributed by atoms with Crippen molar-refractivity contribution in [2.75, 3.05) is 19.5 Å². The van der Waals surface area contributed by atoms with Crippen LogP contribution in [0.2, 0.25) is 0 Å². The molecule has 0 spiro atoms. The molecule has 3 rings (SSSR count). The molecule has 0 aliphatic carbocycles. The van der Waals surface area contributed by atoms with E-state index >= 15 is 0 Å². The maximum Gasteiger partial charge on any atom is 0.296 e. The van der Waals surface area contributed by atoms with Gasteiger partial charge in [-0.1, -0.05) is 0 Å². The van der Waals surface area contributed by atoms with E-state index in [1.165, 1.54) is 62.8 Å². The van der Waals surface area contributed by atoms with E-state index in [1.807, 2.05) is 0 Å². The molecule has 0 fully saturated rings. The van der Waals surface area contributed by atoms with Crippen LogP contribution in [0.3, 0.4) is 0 Å². The molecule has 1 amide bonds. The molecule has 0 saturated heterocycles. The van der Waals surface area contributed by atoms with E-state index in [4.69, 9.17) is 13.9 Å². The van der Waals surface area contributed by atoms with Crippen LogP contribution in [0.1, 0.15) is 10.6 Å². The standard InChI is InChI=1S/C19H15N3O8/c1-28-11-3-5-13(15(9-11)21(24)25)17-7-8-18(30-17)19(23)20-14-6-4-12(29-2)10-16(14)22(26)27/h3-10H,1-2H3,(H,20,23). The van der Waals surface area contributed by atoms with Crippen LogP contribution in [0.15, 0.2) is 52.9 Å². The van der Waals surface area contributed by atoms with Gasteiger partial charge in [0.15, 0.2) is 5.76 Å². The normalized spacial score (nSPS) is 10.3. The van der Waals surface area contributed by atoms with Crippen molar-refractivity contribution in [3.8, 4) is 22.8 Å². The molecule has 2 aromatic carbocycles. The summed E-state index contributed by atoms with van der Waals surface area (Å²) >= 11 is 0. The van der Waals surface area contributed by atoms with Gasteiger partial charge in [-0.3, -0.25) is 25.0 Å².